The summed E-state index contributed by atoms with van der Waals surface area (Å²) < 4.78 is 14.1. The number of benzene rings is 1. The van der Waals surface area contributed by atoms with Gasteiger partial charge in [0.25, 0.3) is 17.7 Å². The molecule has 39 heteroatoms. The quantitative estimate of drug-likeness (QED) is 0.0133. The molecular weight excluding hydrogens is 1240 g/mol. The third kappa shape index (κ3) is 34.1. The van der Waals surface area contributed by atoms with Gasteiger partial charge in [0, 0.05) is 90.1 Å². The first-order valence-electron chi connectivity index (χ1n) is 24.3. The Kier molecular flexibility index (Phi) is 37.7. The summed E-state index contributed by atoms with van der Waals surface area (Å²) in [6.45, 7) is -3.17. The lowest BCUT2D eigenvalue weighted by molar-refractivity contribution is -0.156. The van der Waals surface area contributed by atoms with Gasteiger partial charge in [-0.05, 0) is 37.5 Å². The van der Waals surface area contributed by atoms with Crippen molar-refractivity contribution < 1.29 is 117 Å². The second kappa shape index (κ2) is 42.1. The summed E-state index contributed by atoms with van der Waals surface area (Å²) >= 11 is 0. The van der Waals surface area contributed by atoms with Crippen molar-refractivity contribution in [2.45, 2.75) is 74.8 Å². The van der Waals surface area contributed by atoms with Crippen LogP contribution in [0.2, 0.25) is 0 Å². The van der Waals surface area contributed by atoms with E-state index in [0.717, 1.165) is 64.8 Å². The fourth-order valence-corrected chi connectivity index (χ4v) is 11.9. The minimum atomic E-state index is -1.47. The number of nitrogens with two attached hydrogens (primary N) is 3. The first kappa shape index (κ1) is 75.3. The van der Waals surface area contributed by atoms with Crippen LogP contribution in [0.25, 0.3) is 0 Å². The van der Waals surface area contributed by atoms with Crippen molar-refractivity contribution in [1.29, 1.82) is 0 Å². The number of hydrogen-bond donors (Lipinski definition) is 15. The second-order valence-electron chi connectivity index (χ2n) is 16.7. The van der Waals surface area contributed by atoms with Gasteiger partial charge in [0.05, 0.1) is 0 Å². The molecule has 0 unspecified atom stereocenters. The number of nitrogens with one attached hydrogen (secondary N) is 6. The first-order chi connectivity index (χ1) is 39.6. The first-order valence-corrected chi connectivity index (χ1v) is 31.8. The fraction of sp³-hybridized carbons (Fsp3) is 0.533. The van der Waals surface area contributed by atoms with Gasteiger partial charge in [-0.3, -0.25) is 43.2 Å². The van der Waals surface area contributed by atoms with Gasteiger partial charge in [0.1, 0.15) is 36.3 Å². The third-order valence-electron chi connectivity index (χ3n) is 9.96. The van der Waals surface area contributed by atoms with Crippen LogP contribution < -0.4 is 49.1 Å². The number of amides is 6. The maximum Gasteiger partial charge on any atom is 0.341 e. The fourth-order valence-electron chi connectivity index (χ4n) is 5.71. The number of hydrogen-bond acceptors (Lipinski definition) is 27. The number of aliphatic carboxylic acids is 6. The molecule has 0 aliphatic rings. The number of carbonyl (C=O) groups is 15. The molecular formula is C45H63N9O24S6. The number of esters is 3. The number of carboxylic acids is 6. The van der Waals surface area contributed by atoms with Crippen LogP contribution in [0.1, 0.15) is 69.6 Å². The summed E-state index contributed by atoms with van der Waals surface area (Å²) in [5, 5.41) is 68.6. The molecule has 0 heterocycles. The van der Waals surface area contributed by atoms with E-state index in [2.05, 4.69) is 31.9 Å². The number of carbonyl (C=O) groups excluding carboxylic acids is 9. The molecule has 6 amide bonds. The lowest BCUT2D eigenvalue weighted by Crippen LogP contribution is -2.44. The molecule has 0 aliphatic carbocycles. The Morgan fingerprint density at radius 1 is 0.393 bits per heavy atom. The van der Waals surface area contributed by atoms with Crippen molar-refractivity contribution in [3.63, 3.8) is 0 Å². The molecule has 0 radical (unpaired) electrons. The van der Waals surface area contributed by atoms with Crippen LogP contribution in [-0.2, 0) is 71.7 Å². The Labute approximate surface area is 500 Å². The third-order valence-corrected chi connectivity index (χ3v) is 17.2. The lowest BCUT2D eigenvalue weighted by atomic mass is 10.0. The van der Waals surface area contributed by atoms with E-state index < -0.39 is 145 Å². The van der Waals surface area contributed by atoms with E-state index in [4.69, 9.17) is 62.1 Å². The molecule has 33 nitrogen and oxygen atoms in total. The van der Waals surface area contributed by atoms with E-state index in [1.54, 1.807) is 0 Å². The standard InChI is InChI=1S/C45H63N9O24S6/c46-25(40(67)68)1-4-31(55)52-28(43(73)76-16-34(58)59)19-82-79-10-7-49-37(64)22-13-23(38(65)50-8-11-80-83-20-29(44(74)77-17-35(60)61)53-32(56)5-2-26(47)41(69)70)15-24(14-22)39(66)51-9-12-81-84-21-30(45(75)78-18-36(62)63)54-33(57)6-3-27(48)42(71)72/h13-15,25-30H,1-12,16-21,46-48H2,(H,49,64)(H,50,65)(H,51,66)(H,52,55)(H,53,56)(H,54,57)(H,58,59)(H,60,61)(H,62,63)(H,67,68)(H,69,70)(H,71,72)/t25-,26-,27-,28-,29-,30-/m0/s1. The molecule has 0 aliphatic heterocycles. The Bertz CT molecular complexity index is 2230. The highest BCUT2D eigenvalue weighted by molar-refractivity contribution is 8.77. The maximum absolute atomic E-state index is 13.5. The molecule has 1 aromatic rings. The number of ether oxygens (including phenoxy) is 3. The van der Waals surface area contributed by atoms with Crippen molar-refractivity contribution >= 4 is 154 Å². The minimum Gasteiger partial charge on any atom is -0.480 e. The van der Waals surface area contributed by atoms with Gasteiger partial charge in [-0.25, -0.2) is 28.8 Å². The Morgan fingerprint density at radius 3 is 0.845 bits per heavy atom. The average Bonchev–Trinajstić information content (AvgIpc) is 3.58. The van der Waals surface area contributed by atoms with Crippen LogP contribution in [0.4, 0.5) is 0 Å². The molecule has 468 valence electrons. The summed E-state index contributed by atoms with van der Waals surface area (Å²) in [4.78, 5) is 182. The van der Waals surface area contributed by atoms with Crippen molar-refractivity contribution in [2.75, 3.05) is 74.0 Å². The van der Waals surface area contributed by atoms with E-state index in [-0.39, 0.29) is 109 Å². The molecule has 1 aromatic carbocycles. The molecule has 0 saturated heterocycles. The van der Waals surface area contributed by atoms with Crippen LogP contribution >= 0.6 is 64.8 Å². The molecule has 0 fully saturated rings. The topological polar surface area (TPSA) is 555 Å². The predicted molar refractivity (Wildman–Crippen MR) is 304 cm³/mol. The molecule has 6 atom stereocenters. The molecule has 0 bridgehead atoms. The summed E-state index contributed by atoms with van der Waals surface area (Å²) in [7, 11) is 6.37. The van der Waals surface area contributed by atoms with E-state index in [1.165, 1.54) is 18.2 Å². The van der Waals surface area contributed by atoms with Crippen molar-refractivity contribution in [1.82, 2.24) is 31.9 Å². The smallest absolute Gasteiger partial charge is 0.341 e. The molecule has 1 rings (SSSR count). The van der Waals surface area contributed by atoms with Crippen LogP contribution in [0.5, 0.6) is 0 Å². The monoisotopic (exact) mass is 1310 g/mol. The summed E-state index contributed by atoms with van der Waals surface area (Å²) in [6.07, 6.45) is -1.95. The maximum atomic E-state index is 13.5. The average molecular weight is 1310 g/mol. The largest absolute Gasteiger partial charge is 0.480 e. The highest BCUT2D eigenvalue weighted by Crippen LogP contribution is 2.24. The zero-order valence-corrected chi connectivity index (χ0v) is 49.0. The minimum absolute atomic E-state index is 0.0484. The Hall–Kier alpha value is -6.75. The van der Waals surface area contributed by atoms with E-state index in [0.29, 0.717) is 0 Å². The van der Waals surface area contributed by atoms with Crippen LogP contribution in [0.3, 0.4) is 0 Å². The van der Waals surface area contributed by atoms with Gasteiger partial charge in [-0.15, -0.1) is 0 Å². The highest BCUT2D eigenvalue weighted by Gasteiger charge is 2.28. The predicted octanol–water partition coefficient (Wildman–Crippen LogP) is -3.07. The summed E-state index contributed by atoms with van der Waals surface area (Å²) in [5.74, 6) is -16.3. The second-order valence-corrected chi connectivity index (χ2v) is 24.6. The van der Waals surface area contributed by atoms with E-state index >= 15 is 0 Å². The van der Waals surface area contributed by atoms with Gasteiger partial charge in [0.15, 0.2) is 19.8 Å². The van der Waals surface area contributed by atoms with Gasteiger partial charge in [-0.2, -0.15) is 0 Å². The van der Waals surface area contributed by atoms with Crippen molar-refractivity contribution in [2.24, 2.45) is 17.2 Å². The highest BCUT2D eigenvalue weighted by atomic mass is 33.1. The van der Waals surface area contributed by atoms with Crippen molar-refractivity contribution in [3.05, 3.63) is 34.9 Å². The van der Waals surface area contributed by atoms with E-state index in [1.807, 2.05) is 0 Å². The molecule has 0 saturated carbocycles. The van der Waals surface area contributed by atoms with Gasteiger partial charge in [-0.1, -0.05) is 64.8 Å². The van der Waals surface area contributed by atoms with Crippen LogP contribution in [-0.4, -0.2) is 230 Å². The van der Waals surface area contributed by atoms with Gasteiger partial charge < -0.3 is 94.0 Å². The number of carboxylic acid groups (broad SMARTS) is 6. The zero-order chi connectivity index (χ0) is 63.3. The normalized spacial score (nSPS) is 12.9. The van der Waals surface area contributed by atoms with Crippen LogP contribution in [0, 0.1) is 0 Å². The van der Waals surface area contributed by atoms with Gasteiger partial charge >= 0.3 is 53.7 Å². The molecule has 0 aromatic heterocycles. The zero-order valence-electron chi connectivity index (χ0n) is 44.1. The summed E-state index contributed by atoms with van der Waals surface area (Å²) in [6, 6.07) is -4.61. The summed E-state index contributed by atoms with van der Waals surface area (Å²) in [5.41, 5.74) is 15.8. The molecule has 0 spiro atoms. The Morgan fingerprint density at radius 2 is 0.631 bits per heavy atom. The van der Waals surface area contributed by atoms with Crippen LogP contribution in [0.15, 0.2) is 18.2 Å². The SMILES string of the molecule is N[C@@H](CCC(=O)N[C@@H](CSSCCNC(=O)c1cc(C(=O)NCCSSC[C@H](NC(=O)CC[C@H](N)C(=O)O)C(=O)OCC(=O)O)cc(C(=O)NCCSSC[C@H](NC(=O)CC[C@H](N)C(=O)O)C(=O)OCC(=O)O)c1)C(=O)OCC(=O)O)C(=O)O. The molecule has 84 heavy (non-hydrogen) atoms. The Balaban J connectivity index is 3.15. The van der Waals surface area contributed by atoms with Crippen molar-refractivity contribution in [3.8, 4) is 0 Å². The van der Waals surface area contributed by atoms with Gasteiger partial charge in [0.2, 0.25) is 17.7 Å². The molecule has 18 N–H and O–H groups in total. The number of rotatable bonds is 45. The lowest BCUT2D eigenvalue weighted by Gasteiger charge is -2.17. The van der Waals surface area contributed by atoms with E-state index in [9.17, 15) is 71.9 Å².